The quantitative estimate of drug-likeness (QED) is 0.491. The first-order valence-electron chi connectivity index (χ1n) is 13.1. The van der Waals surface area contributed by atoms with Gasteiger partial charge in [0.15, 0.2) is 9.84 Å². The number of fused-ring (bicyclic) bond motifs is 1. The van der Waals surface area contributed by atoms with Crippen LogP contribution >= 0.6 is 0 Å². The van der Waals surface area contributed by atoms with Gasteiger partial charge in [-0.2, -0.15) is 0 Å². The van der Waals surface area contributed by atoms with E-state index in [0.29, 0.717) is 23.3 Å². The number of hydrogen-bond acceptors (Lipinski definition) is 4. The van der Waals surface area contributed by atoms with Gasteiger partial charge in [0.25, 0.3) is 0 Å². The first-order valence-corrected chi connectivity index (χ1v) is 14.7. The smallest absolute Gasteiger partial charge is 0.225 e. The lowest BCUT2D eigenvalue weighted by Gasteiger charge is -2.44. The van der Waals surface area contributed by atoms with Crippen LogP contribution in [0.4, 0.5) is 4.39 Å². The second-order valence-electron chi connectivity index (χ2n) is 12.1. The fourth-order valence-corrected chi connectivity index (χ4v) is 9.70. The van der Waals surface area contributed by atoms with E-state index < -0.39 is 32.8 Å². The SMILES string of the molecule is CC(C)CCC[C@@H](C)[C@H]1CC[C@H]2/C(=C/[C@@H]3C4=C([C@@H](F)S3(=O)=O)[C@@H](O)C[C@H](O)C4)CCC[C@]12C. The maximum Gasteiger partial charge on any atom is 0.225 e. The molecule has 0 unspecified atom stereocenters. The van der Waals surface area contributed by atoms with E-state index in [-0.39, 0.29) is 23.8 Å². The summed E-state index contributed by atoms with van der Waals surface area (Å²) in [6.07, 6.45) is 9.05. The topological polar surface area (TPSA) is 74.6 Å². The van der Waals surface area contributed by atoms with Crippen LogP contribution in [0.2, 0.25) is 0 Å². The Labute approximate surface area is 199 Å². The van der Waals surface area contributed by atoms with E-state index in [4.69, 9.17) is 0 Å². The predicted molar refractivity (Wildman–Crippen MR) is 130 cm³/mol. The lowest BCUT2D eigenvalue weighted by Crippen LogP contribution is -2.36. The van der Waals surface area contributed by atoms with Crippen molar-refractivity contribution in [2.24, 2.45) is 29.1 Å². The second kappa shape index (κ2) is 9.39. The summed E-state index contributed by atoms with van der Waals surface area (Å²) in [4.78, 5) is 0. The summed E-state index contributed by atoms with van der Waals surface area (Å²) in [6.45, 7) is 9.36. The third-order valence-corrected chi connectivity index (χ3v) is 11.4. The monoisotopic (exact) mass is 482 g/mol. The zero-order chi connectivity index (χ0) is 24.1. The van der Waals surface area contributed by atoms with E-state index in [1.165, 1.54) is 37.7 Å². The predicted octanol–water partition coefficient (Wildman–Crippen LogP) is 5.50. The molecule has 4 rings (SSSR count). The van der Waals surface area contributed by atoms with Gasteiger partial charge < -0.3 is 10.2 Å². The highest BCUT2D eigenvalue weighted by atomic mass is 32.2. The van der Waals surface area contributed by atoms with Crippen molar-refractivity contribution < 1.29 is 23.0 Å². The van der Waals surface area contributed by atoms with Crippen LogP contribution in [0.15, 0.2) is 22.8 Å². The number of sulfone groups is 1. The highest BCUT2D eigenvalue weighted by Gasteiger charge is 2.54. The summed E-state index contributed by atoms with van der Waals surface area (Å²) in [6, 6.07) is 0. The minimum absolute atomic E-state index is 0.00351. The summed E-state index contributed by atoms with van der Waals surface area (Å²) >= 11 is 0. The Morgan fingerprint density at radius 2 is 1.91 bits per heavy atom. The van der Waals surface area contributed by atoms with Gasteiger partial charge in [0.2, 0.25) is 5.50 Å². The number of aliphatic hydroxyl groups is 2. The molecule has 0 radical (unpaired) electrons. The molecule has 0 spiro atoms. The van der Waals surface area contributed by atoms with Gasteiger partial charge in [-0.05, 0) is 73.2 Å². The van der Waals surface area contributed by atoms with Crippen LogP contribution in [0.25, 0.3) is 0 Å². The Kier molecular flexibility index (Phi) is 7.22. The molecule has 0 bridgehead atoms. The minimum atomic E-state index is -4.09. The van der Waals surface area contributed by atoms with Crippen molar-refractivity contribution in [2.75, 3.05) is 0 Å². The number of allylic oxidation sites excluding steroid dienone is 1. The van der Waals surface area contributed by atoms with Crippen molar-refractivity contribution in [3.8, 4) is 0 Å². The zero-order valence-electron chi connectivity index (χ0n) is 20.8. The van der Waals surface area contributed by atoms with Crippen molar-refractivity contribution in [3.05, 3.63) is 22.8 Å². The number of halogens is 1. The summed E-state index contributed by atoms with van der Waals surface area (Å²) in [5.74, 6) is 2.37. The minimum Gasteiger partial charge on any atom is -0.393 e. The van der Waals surface area contributed by atoms with E-state index >= 15 is 0 Å². The Hall–Kier alpha value is -0.720. The Morgan fingerprint density at radius 3 is 2.61 bits per heavy atom. The highest BCUT2D eigenvalue weighted by molar-refractivity contribution is 7.93. The van der Waals surface area contributed by atoms with Crippen LogP contribution in [0, 0.1) is 29.1 Å². The lowest BCUT2D eigenvalue weighted by molar-refractivity contribution is 0.0821. The van der Waals surface area contributed by atoms with Gasteiger partial charge in [-0.15, -0.1) is 0 Å². The normalized spacial score (nSPS) is 42.6. The first-order chi connectivity index (χ1) is 15.5. The average Bonchev–Trinajstić information content (AvgIpc) is 3.16. The van der Waals surface area contributed by atoms with Crippen LogP contribution in [0.1, 0.15) is 91.9 Å². The third kappa shape index (κ3) is 4.49. The molecule has 8 atom stereocenters. The molecule has 4 aliphatic rings. The standard InChI is InChI=1S/C27H43FO4S/c1-16(2)7-5-8-17(3)21-10-11-22-18(9-6-12-27(21,22)4)13-24-20-14-19(29)15-23(30)25(20)26(28)33(24,31)32/h13,16-17,19,21-24,26,29-30H,5-12,14-15H2,1-4H3/b18-13+/t17-,19-,21-,22+,23+,24-,26+,27-/m1/s1. The number of aliphatic hydroxyl groups excluding tert-OH is 2. The molecule has 0 amide bonds. The van der Waals surface area contributed by atoms with Gasteiger partial charge in [-0.25, -0.2) is 12.8 Å². The van der Waals surface area contributed by atoms with Crippen LogP contribution in [-0.2, 0) is 9.84 Å². The summed E-state index contributed by atoms with van der Waals surface area (Å²) in [5, 5.41) is 19.5. The molecule has 188 valence electrons. The molecule has 4 nitrogen and oxygen atoms in total. The molecule has 1 heterocycles. The van der Waals surface area contributed by atoms with Crippen LogP contribution in [0.3, 0.4) is 0 Å². The Bertz CT molecular complexity index is 907. The molecule has 1 aliphatic heterocycles. The van der Waals surface area contributed by atoms with Crippen LogP contribution < -0.4 is 0 Å². The van der Waals surface area contributed by atoms with E-state index in [0.717, 1.165) is 25.2 Å². The van der Waals surface area contributed by atoms with Crippen molar-refractivity contribution in [2.45, 2.75) is 115 Å². The fourth-order valence-electron chi connectivity index (χ4n) is 7.79. The summed E-state index contributed by atoms with van der Waals surface area (Å²) < 4.78 is 41.1. The van der Waals surface area contributed by atoms with Gasteiger partial charge in [0.1, 0.15) is 5.25 Å². The van der Waals surface area contributed by atoms with Gasteiger partial charge in [-0.1, -0.05) is 58.6 Å². The summed E-state index contributed by atoms with van der Waals surface area (Å²) in [5.41, 5.74) is -0.399. The van der Waals surface area contributed by atoms with Gasteiger partial charge in [0.05, 0.1) is 12.2 Å². The molecule has 6 heteroatoms. The van der Waals surface area contributed by atoms with Crippen molar-refractivity contribution in [3.63, 3.8) is 0 Å². The molecule has 0 aromatic carbocycles. The fraction of sp³-hybridized carbons (Fsp3) is 0.852. The van der Waals surface area contributed by atoms with Gasteiger partial charge >= 0.3 is 0 Å². The Balaban J connectivity index is 1.59. The molecule has 0 aromatic rings. The van der Waals surface area contributed by atoms with Crippen LogP contribution in [0.5, 0.6) is 0 Å². The molecule has 2 fully saturated rings. The molecular weight excluding hydrogens is 439 g/mol. The number of alkyl halides is 1. The van der Waals surface area contributed by atoms with E-state index in [2.05, 4.69) is 27.7 Å². The maximum atomic E-state index is 15.0. The van der Waals surface area contributed by atoms with Crippen LogP contribution in [-0.4, -0.2) is 41.6 Å². The summed E-state index contributed by atoms with van der Waals surface area (Å²) in [7, 11) is -4.09. The van der Waals surface area contributed by atoms with Crippen molar-refractivity contribution in [1.82, 2.24) is 0 Å². The average molecular weight is 483 g/mol. The molecular formula is C27H43FO4S. The maximum absolute atomic E-state index is 15.0. The molecule has 0 aromatic heterocycles. The number of hydrogen-bond donors (Lipinski definition) is 2. The highest BCUT2D eigenvalue weighted by Crippen LogP contribution is 2.60. The molecule has 0 saturated heterocycles. The van der Waals surface area contributed by atoms with Gasteiger partial charge in [-0.3, -0.25) is 0 Å². The molecule has 3 aliphatic carbocycles. The molecule has 2 N–H and O–H groups in total. The Morgan fingerprint density at radius 1 is 1.18 bits per heavy atom. The largest absolute Gasteiger partial charge is 0.393 e. The van der Waals surface area contributed by atoms with Crippen molar-refractivity contribution in [1.29, 1.82) is 0 Å². The lowest BCUT2D eigenvalue weighted by atomic mass is 9.60. The first kappa shape index (κ1) is 25.4. The van der Waals surface area contributed by atoms with Gasteiger partial charge in [0, 0.05) is 12.0 Å². The van der Waals surface area contributed by atoms with Crippen molar-refractivity contribution >= 4 is 9.84 Å². The molecule has 2 saturated carbocycles. The number of rotatable bonds is 6. The van der Waals surface area contributed by atoms with E-state index in [1.807, 2.05) is 6.08 Å². The molecule has 33 heavy (non-hydrogen) atoms. The zero-order valence-corrected chi connectivity index (χ0v) is 21.6. The second-order valence-corrected chi connectivity index (χ2v) is 14.2. The van der Waals surface area contributed by atoms with E-state index in [1.54, 1.807) is 0 Å². The van der Waals surface area contributed by atoms with E-state index in [9.17, 15) is 23.0 Å². The third-order valence-electron chi connectivity index (χ3n) is 9.44.